The Morgan fingerprint density at radius 2 is 1.86 bits per heavy atom. The van der Waals surface area contributed by atoms with Gasteiger partial charge in [-0.25, -0.2) is 0 Å². The largest absolute Gasteiger partial charge is 0.486 e. The zero-order valence-corrected chi connectivity index (χ0v) is 16.3. The zero-order valence-electron chi connectivity index (χ0n) is 16.3. The van der Waals surface area contributed by atoms with E-state index in [1.54, 1.807) is 4.90 Å². The summed E-state index contributed by atoms with van der Waals surface area (Å²) >= 11 is 0. The molecule has 6 heteroatoms. The molecule has 29 heavy (non-hydrogen) atoms. The molecule has 0 bridgehead atoms. The smallest absolute Gasteiger partial charge is 0.229 e. The van der Waals surface area contributed by atoms with Crippen molar-refractivity contribution in [1.29, 1.82) is 0 Å². The van der Waals surface area contributed by atoms with E-state index in [2.05, 4.69) is 11.4 Å². The number of amides is 2. The highest BCUT2D eigenvalue weighted by atomic mass is 16.6. The molecule has 0 radical (unpaired) electrons. The van der Waals surface area contributed by atoms with Gasteiger partial charge in [0.25, 0.3) is 0 Å². The maximum atomic E-state index is 12.9. The lowest BCUT2D eigenvalue weighted by Crippen LogP contribution is -2.28. The molecule has 0 aromatic heterocycles. The lowest BCUT2D eigenvalue weighted by atomic mass is 9.90. The number of fused-ring (bicyclic) bond motifs is 2. The SMILES string of the molecule is O=C(Nc1cccc2c1CCCC2)[C@H]1CC(=O)N(c2ccc3c(c2)OCCO3)C1. The number of nitrogens with one attached hydrogen (secondary N) is 1. The molecule has 0 unspecified atom stereocenters. The van der Waals surface area contributed by atoms with Gasteiger partial charge in [-0.05, 0) is 55.0 Å². The summed E-state index contributed by atoms with van der Waals surface area (Å²) in [5.74, 6) is 0.838. The summed E-state index contributed by atoms with van der Waals surface area (Å²) < 4.78 is 11.2. The molecule has 2 amide bonds. The first-order chi connectivity index (χ1) is 14.2. The standard InChI is InChI=1S/C23H24N2O4/c26-22-12-16(14-25(22)17-8-9-20-21(13-17)29-11-10-28-20)23(27)24-19-7-3-5-15-4-1-2-6-18(15)19/h3,5,7-9,13,16H,1-2,4,6,10-12,14H2,(H,24,27)/t16-/m0/s1. The van der Waals surface area contributed by atoms with Crippen LogP contribution in [0.1, 0.15) is 30.4 Å². The summed E-state index contributed by atoms with van der Waals surface area (Å²) in [4.78, 5) is 27.2. The molecule has 1 saturated heterocycles. The van der Waals surface area contributed by atoms with Crippen LogP contribution in [0, 0.1) is 5.92 Å². The Balaban J connectivity index is 1.31. The van der Waals surface area contributed by atoms with Crippen LogP contribution < -0.4 is 19.7 Å². The van der Waals surface area contributed by atoms with Crippen LogP contribution in [-0.4, -0.2) is 31.6 Å². The third-order valence-corrected chi connectivity index (χ3v) is 5.99. The van der Waals surface area contributed by atoms with Gasteiger partial charge in [0.05, 0.1) is 5.92 Å². The summed E-state index contributed by atoms with van der Waals surface area (Å²) in [6.45, 7) is 1.40. The molecular weight excluding hydrogens is 368 g/mol. The van der Waals surface area contributed by atoms with Crippen LogP contribution in [0.25, 0.3) is 0 Å². The van der Waals surface area contributed by atoms with E-state index in [-0.39, 0.29) is 24.2 Å². The molecule has 2 aromatic carbocycles. The minimum absolute atomic E-state index is 0.0445. The van der Waals surface area contributed by atoms with Crippen molar-refractivity contribution >= 4 is 23.2 Å². The molecule has 1 N–H and O–H groups in total. The Morgan fingerprint density at radius 1 is 1.03 bits per heavy atom. The van der Waals surface area contributed by atoms with Crippen LogP contribution >= 0.6 is 0 Å². The third kappa shape index (κ3) is 3.43. The molecule has 1 aliphatic carbocycles. The van der Waals surface area contributed by atoms with Crippen molar-refractivity contribution in [3.05, 3.63) is 47.5 Å². The summed E-state index contributed by atoms with van der Waals surface area (Å²) in [5.41, 5.74) is 4.22. The molecule has 3 aliphatic rings. The maximum absolute atomic E-state index is 12.9. The van der Waals surface area contributed by atoms with Crippen LogP contribution in [0.5, 0.6) is 11.5 Å². The van der Waals surface area contributed by atoms with Crippen molar-refractivity contribution in [2.24, 2.45) is 5.92 Å². The number of carbonyl (C=O) groups excluding carboxylic acids is 2. The van der Waals surface area contributed by atoms with E-state index in [1.807, 2.05) is 30.3 Å². The van der Waals surface area contributed by atoms with E-state index in [4.69, 9.17) is 9.47 Å². The fourth-order valence-electron chi connectivity index (χ4n) is 4.47. The van der Waals surface area contributed by atoms with Gasteiger partial charge in [-0.2, -0.15) is 0 Å². The van der Waals surface area contributed by atoms with Gasteiger partial charge in [0, 0.05) is 30.4 Å². The Bertz CT molecular complexity index is 971. The monoisotopic (exact) mass is 392 g/mol. The van der Waals surface area contributed by atoms with Crippen molar-refractivity contribution in [3.8, 4) is 11.5 Å². The van der Waals surface area contributed by atoms with Gasteiger partial charge in [0.2, 0.25) is 11.8 Å². The second-order valence-electron chi connectivity index (χ2n) is 7.87. The maximum Gasteiger partial charge on any atom is 0.229 e. The number of nitrogens with zero attached hydrogens (tertiary/aromatic N) is 1. The summed E-state index contributed by atoms with van der Waals surface area (Å²) in [7, 11) is 0. The van der Waals surface area contributed by atoms with Crippen molar-refractivity contribution in [1.82, 2.24) is 0 Å². The van der Waals surface area contributed by atoms with Gasteiger partial charge in [-0.3, -0.25) is 9.59 Å². The van der Waals surface area contributed by atoms with E-state index in [1.165, 1.54) is 17.5 Å². The normalized spacial score (nSPS) is 20.3. The van der Waals surface area contributed by atoms with E-state index in [0.717, 1.165) is 30.6 Å². The lowest BCUT2D eigenvalue weighted by Gasteiger charge is -2.22. The van der Waals surface area contributed by atoms with Gasteiger partial charge in [0.15, 0.2) is 11.5 Å². The van der Waals surface area contributed by atoms with Crippen molar-refractivity contribution in [2.45, 2.75) is 32.1 Å². The second-order valence-corrected chi connectivity index (χ2v) is 7.87. The van der Waals surface area contributed by atoms with E-state index >= 15 is 0 Å². The molecule has 2 aromatic rings. The first-order valence-electron chi connectivity index (χ1n) is 10.3. The van der Waals surface area contributed by atoms with Gasteiger partial charge < -0.3 is 19.7 Å². The molecule has 150 valence electrons. The highest BCUT2D eigenvalue weighted by Crippen LogP contribution is 2.36. The minimum atomic E-state index is -0.366. The quantitative estimate of drug-likeness (QED) is 0.870. The number of rotatable bonds is 3. The number of aryl methyl sites for hydroxylation is 1. The second kappa shape index (κ2) is 7.43. The minimum Gasteiger partial charge on any atom is -0.486 e. The number of carbonyl (C=O) groups is 2. The lowest BCUT2D eigenvalue weighted by molar-refractivity contribution is -0.122. The number of anilines is 2. The summed E-state index contributed by atoms with van der Waals surface area (Å²) in [6, 6.07) is 11.6. The first kappa shape index (κ1) is 18.0. The fraction of sp³-hybridized carbons (Fsp3) is 0.391. The number of hydrogen-bond acceptors (Lipinski definition) is 4. The molecular formula is C23H24N2O4. The molecule has 1 fully saturated rings. The average Bonchev–Trinajstić information content (AvgIpc) is 3.15. The predicted molar refractivity (Wildman–Crippen MR) is 110 cm³/mol. The Labute approximate surface area is 169 Å². The van der Waals surface area contributed by atoms with E-state index < -0.39 is 0 Å². The molecule has 6 nitrogen and oxygen atoms in total. The topological polar surface area (TPSA) is 67.9 Å². The molecule has 5 rings (SSSR count). The van der Waals surface area contributed by atoms with Crippen molar-refractivity contribution in [3.63, 3.8) is 0 Å². The molecule has 1 atom stereocenters. The summed E-state index contributed by atoms with van der Waals surface area (Å²) in [6.07, 6.45) is 4.64. The van der Waals surface area contributed by atoms with Gasteiger partial charge >= 0.3 is 0 Å². The van der Waals surface area contributed by atoms with E-state index in [0.29, 0.717) is 31.3 Å². The first-order valence-corrected chi connectivity index (χ1v) is 10.3. The van der Waals surface area contributed by atoms with Crippen LogP contribution in [0.3, 0.4) is 0 Å². The molecule has 0 spiro atoms. The van der Waals surface area contributed by atoms with Crippen LogP contribution in [-0.2, 0) is 22.4 Å². The van der Waals surface area contributed by atoms with Gasteiger partial charge in [0.1, 0.15) is 13.2 Å². The zero-order chi connectivity index (χ0) is 19.8. The van der Waals surface area contributed by atoms with Crippen LogP contribution in [0.15, 0.2) is 36.4 Å². The average molecular weight is 392 g/mol. The van der Waals surface area contributed by atoms with Gasteiger partial charge in [-0.1, -0.05) is 12.1 Å². The van der Waals surface area contributed by atoms with Crippen LogP contribution in [0.4, 0.5) is 11.4 Å². The molecule has 2 aliphatic heterocycles. The molecule has 0 saturated carbocycles. The number of benzene rings is 2. The van der Waals surface area contributed by atoms with E-state index in [9.17, 15) is 9.59 Å². The summed E-state index contributed by atoms with van der Waals surface area (Å²) in [5, 5.41) is 3.09. The van der Waals surface area contributed by atoms with Crippen molar-refractivity contribution < 1.29 is 19.1 Å². The van der Waals surface area contributed by atoms with Crippen LogP contribution in [0.2, 0.25) is 0 Å². The number of hydrogen-bond donors (Lipinski definition) is 1. The fourth-order valence-corrected chi connectivity index (χ4v) is 4.47. The van der Waals surface area contributed by atoms with Crippen molar-refractivity contribution in [2.75, 3.05) is 30.0 Å². The number of ether oxygens (including phenoxy) is 2. The van der Waals surface area contributed by atoms with Gasteiger partial charge in [-0.15, -0.1) is 0 Å². The predicted octanol–water partition coefficient (Wildman–Crippen LogP) is 3.33. The molecule has 2 heterocycles. The highest BCUT2D eigenvalue weighted by molar-refractivity contribution is 6.04. The Hall–Kier alpha value is -3.02. The highest BCUT2D eigenvalue weighted by Gasteiger charge is 2.36. The Kier molecular flexibility index (Phi) is 4.62. The Morgan fingerprint density at radius 3 is 2.76 bits per heavy atom. The third-order valence-electron chi connectivity index (χ3n) is 5.99.